The van der Waals surface area contributed by atoms with E-state index in [2.05, 4.69) is 15.3 Å². The standard InChI is InChI=1S/C16H22N4O2.ClH/c1-11(9-17)10-18-15(21)8-4-7-14-19-13-6-3-2-5-12(13)16(22)20-14;/h2-3,5-6,11H,4,7-10,17H2,1H3,(H,18,21)(H,19,20,22);1H. The van der Waals surface area contributed by atoms with Crippen LogP contribution in [0, 0.1) is 5.92 Å². The van der Waals surface area contributed by atoms with E-state index in [1.807, 2.05) is 25.1 Å². The number of amides is 1. The number of aromatic nitrogens is 2. The Labute approximate surface area is 141 Å². The molecule has 23 heavy (non-hydrogen) atoms. The second kappa shape index (κ2) is 9.27. The first-order valence-corrected chi connectivity index (χ1v) is 7.55. The third-order valence-electron chi connectivity index (χ3n) is 3.53. The number of aryl methyl sites for hydroxylation is 1. The Kier molecular flexibility index (Phi) is 7.71. The number of nitrogens with one attached hydrogen (secondary N) is 2. The Hall–Kier alpha value is -1.92. The van der Waals surface area contributed by atoms with Gasteiger partial charge in [0, 0.05) is 19.4 Å². The molecule has 6 nitrogen and oxygen atoms in total. The van der Waals surface area contributed by atoms with Crippen LogP contribution in [0.5, 0.6) is 0 Å². The number of fused-ring (bicyclic) bond motifs is 1. The van der Waals surface area contributed by atoms with Crippen molar-refractivity contribution in [2.45, 2.75) is 26.2 Å². The van der Waals surface area contributed by atoms with Gasteiger partial charge in [-0.05, 0) is 31.0 Å². The molecule has 1 heterocycles. The highest BCUT2D eigenvalue weighted by Gasteiger charge is 2.06. The van der Waals surface area contributed by atoms with Crippen LogP contribution in [0.4, 0.5) is 0 Å². The van der Waals surface area contributed by atoms with E-state index in [0.29, 0.717) is 49.1 Å². The van der Waals surface area contributed by atoms with Crippen molar-refractivity contribution >= 4 is 29.2 Å². The predicted octanol–water partition coefficient (Wildman–Crippen LogP) is 1.38. The molecule has 1 amide bonds. The van der Waals surface area contributed by atoms with E-state index >= 15 is 0 Å². The zero-order valence-electron chi connectivity index (χ0n) is 13.2. The van der Waals surface area contributed by atoms with E-state index in [1.54, 1.807) is 6.07 Å². The molecular formula is C16H23ClN4O2. The van der Waals surface area contributed by atoms with Gasteiger partial charge in [0.05, 0.1) is 10.9 Å². The molecule has 0 bridgehead atoms. The second-order valence-electron chi connectivity index (χ2n) is 5.53. The lowest BCUT2D eigenvalue weighted by Gasteiger charge is -2.09. The third kappa shape index (κ3) is 5.65. The first-order chi connectivity index (χ1) is 10.6. The Morgan fingerprint density at radius 3 is 2.87 bits per heavy atom. The SMILES string of the molecule is CC(CN)CNC(=O)CCCc1nc2ccccc2c(=O)[nH]1.Cl. The van der Waals surface area contributed by atoms with Crippen LogP contribution >= 0.6 is 12.4 Å². The molecule has 0 aliphatic carbocycles. The van der Waals surface area contributed by atoms with Gasteiger partial charge in [-0.3, -0.25) is 9.59 Å². The van der Waals surface area contributed by atoms with Gasteiger partial charge in [-0.25, -0.2) is 4.98 Å². The van der Waals surface area contributed by atoms with Gasteiger partial charge in [-0.1, -0.05) is 19.1 Å². The molecule has 0 saturated heterocycles. The number of carbonyl (C=O) groups excluding carboxylic acids is 1. The van der Waals surface area contributed by atoms with Gasteiger partial charge >= 0.3 is 0 Å². The zero-order valence-corrected chi connectivity index (χ0v) is 14.0. The van der Waals surface area contributed by atoms with Crippen molar-refractivity contribution in [2.24, 2.45) is 11.7 Å². The maximum atomic E-state index is 11.9. The summed E-state index contributed by atoms with van der Waals surface area (Å²) in [6, 6.07) is 7.22. The zero-order chi connectivity index (χ0) is 15.9. The Morgan fingerprint density at radius 2 is 2.13 bits per heavy atom. The number of hydrogen-bond acceptors (Lipinski definition) is 4. The van der Waals surface area contributed by atoms with Crippen LogP contribution in [-0.4, -0.2) is 29.0 Å². The highest BCUT2D eigenvalue weighted by molar-refractivity contribution is 5.85. The maximum Gasteiger partial charge on any atom is 0.258 e. The first-order valence-electron chi connectivity index (χ1n) is 7.55. The fourth-order valence-corrected chi connectivity index (χ4v) is 2.13. The summed E-state index contributed by atoms with van der Waals surface area (Å²) < 4.78 is 0. The van der Waals surface area contributed by atoms with Crippen LogP contribution in [0.3, 0.4) is 0 Å². The number of H-pyrrole nitrogens is 1. The maximum absolute atomic E-state index is 11.9. The topological polar surface area (TPSA) is 101 Å². The van der Waals surface area contributed by atoms with Gasteiger partial charge in [0.15, 0.2) is 0 Å². The lowest BCUT2D eigenvalue weighted by atomic mass is 10.1. The first kappa shape index (κ1) is 19.1. The van der Waals surface area contributed by atoms with Crippen molar-refractivity contribution in [1.29, 1.82) is 0 Å². The summed E-state index contributed by atoms with van der Waals surface area (Å²) in [6.45, 7) is 3.15. The highest BCUT2D eigenvalue weighted by atomic mass is 35.5. The van der Waals surface area contributed by atoms with E-state index in [0.717, 1.165) is 0 Å². The Balaban J connectivity index is 0.00000264. The number of nitrogens with two attached hydrogens (primary N) is 1. The van der Waals surface area contributed by atoms with Crippen LogP contribution in [0.2, 0.25) is 0 Å². The van der Waals surface area contributed by atoms with E-state index in [4.69, 9.17) is 5.73 Å². The van der Waals surface area contributed by atoms with E-state index in [9.17, 15) is 9.59 Å². The molecule has 7 heteroatoms. The average molecular weight is 339 g/mol. The van der Waals surface area contributed by atoms with Crippen LogP contribution in [0.1, 0.15) is 25.6 Å². The summed E-state index contributed by atoms with van der Waals surface area (Å²) in [5, 5.41) is 3.43. The summed E-state index contributed by atoms with van der Waals surface area (Å²) in [6.07, 6.45) is 1.62. The largest absolute Gasteiger partial charge is 0.356 e. The molecule has 0 radical (unpaired) electrons. The van der Waals surface area contributed by atoms with Crippen LogP contribution in [0.15, 0.2) is 29.1 Å². The molecule has 0 spiro atoms. The molecule has 0 saturated carbocycles. The summed E-state index contributed by atoms with van der Waals surface area (Å²) in [5.41, 5.74) is 6.05. The Morgan fingerprint density at radius 1 is 1.39 bits per heavy atom. The molecule has 0 aliphatic rings. The van der Waals surface area contributed by atoms with Gasteiger partial charge in [0.2, 0.25) is 5.91 Å². The molecule has 1 aromatic heterocycles. The second-order valence-corrected chi connectivity index (χ2v) is 5.53. The quantitative estimate of drug-likeness (QED) is 0.709. The van der Waals surface area contributed by atoms with Crippen molar-refractivity contribution in [1.82, 2.24) is 15.3 Å². The van der Waals surface area contributed by atoms with Crippen molar-refractivity contribution in [3.63, 3.8) is 0 Å². The fourth-order valence-electron chi connectivity index (χ4n) is 2.13. The van der Waals surface area contributed by atoms with Gasteiger partial charge in [0.25, 0.3) is 5.56 Å². The van der Waals surface area contributed by atoms with Crippen molar-refractivity contribution in [3.05, 3.63) is 40.4 Å². The molecule has 1 atom stereocenters. The average Bonchev–Trinajstić information content (AvgIpc) is 2.52. The number of halogens is 1. The Bertz CT molecular complexity index is 702. The van der Waals surface area contributed by atoms with Gasteiger partial charge in [-0.15, -0.1) is 12.4 Å². The number of para-hydroxylation sites is 1. The molecule has 1 unspecified atom stereocenters. The number of hydrogen-bond donors (Lipinski definition) is 3. The smallest absolute Gasteiger partial charge is 0.258 e. The number of rotatable bonds is 7. The van der Waals surface area contributed by atoms with Crippen LogP contribution in [0.25, 0.3) is 10.9 Å². The molecular weight excluding hydrogens is 316 g/mol. The summed E-state index contributed by atoms with van der Waals surface area (Å²) in [5.74, 6) is 0.901. The van der Waals surface area contributed by atoms with Crippen LogP contribution in [-0.2, 0) is 11.2 Å². The molecule has 2 rings (SSSR count). The number of nitrogens with zero attached hydrogens (tertiary/aromatic N) is 1. The lowest BCUT2D eigenvalue weighted by Crippen LogP contribution is -2.31. The molecule has 126 valence electrons. The summed E-state index contributed by atoms with van der Waals surface area (Å²) in [7, 11) is 0. The predicted molar refractivity (Wildman–Crippen MR) is 93.8 cm³/mol. The number of benzene rings is 1. The third-order valence-corrected chi connectivity index (χ3v) is 3.53. The van der Waals surface area contributed by atoms with E-state index < -0.39 is 0 Å². The molecule has 4 N–H and O–H groups in total. The monoisotopic (exact) mass is 338 g/mol. The van der Waals surface area contributed by atoms with Crippen molar-refractivity contribution < 1.29 is 4.79 Å². The van der Waals surface area contributed by atoms with E-state index in [-0.39, 0.29) is 29.8 Å². The minimum atomic E-state index is -0.137. The summed E-state index contributed by atoms with van der Waals surface area (Å²) in [4.78, 5) is 30.8. The lowest BCUT2D eigenvalue weighted by molar-refractivity contribution is -0.121. The number of aromatic amines is 1. The normalized spacial score (nSPS) is 11.7. The minimum Gasteiger partial charge on any atom is -0.356 e. The van der Waals surface area contributed by atoms with Crippen molar-refractivity contribution in [3.8, 4) is 0 Å². The highest BCUT2D eigenvalue weighted by Crippen LogP contribution is 2.07. The van der Waals surface area contributed by atoms with Gasteiger partial charge in [-0.2, -0.15) is 0 Å². The summed E-state index contributed by atoms with van der Waals surface area (Å²) >= 11 is 0. The van der Waals surface area contributed by atoms with Gasteiger partial charge < -0.3 is 16.0 Å². The molecule has 1 aromatic carbocycles. The molecule has 2 aromatic rings. The number of carbonyl (C=O) groups is 1. The van der Waals surface area contributed by atoms with Crippen LogP contribution < -0.4 is 16.6 Å². The van der Waals surface area contributed by atoms with Crippen molar-refractivity contribution in [2.75, 3.05) is 13.1 Å². The molecule has 0 aliphatic heterocycles. The fraction of sp³-hybridized carbons (Fsp3) is 0.438. The van der Waals surface area contributed by atoms with Gasteiger partial charge in [0.1, 0.15) is 5.82 Å². The van der Waals surface area contributed by atoms with E-state index in [1.165, 1.54) is 0 Å². The minimum absolute atomic E-state index is 0. The molecule has 0 fully saturated rings.